The molecule has 0 spiro atoms. The Labute approximate surface area is 95.0 Å². The molecule has 4 heteroatoms. The van der Waals surface area contributed by atoms with Gasteiger partial charge >= 0.3 is 10.3 Å². The Kier molecular flexibility index (Phi) is 2.63. The van der Waals surface area contributed by atoms with Gasteiger partial charge in [-0.2, -0.15) is 0 Å². The maximum Gasteiger partial charge on any atom is 0.323 e. The fourth-order valence-electron chi connectivity index (χ4n) is 1.44. The Balaban J connectivity index is 0.000000750. The molecule has 0 amide bonds. The molecule has 0 saturated carbocycles. The molecule has 14 heavy (non-hydrogen) atoms. The minimum absolute atomic E-state index is 0. The van der Waals surface area contributed by atoms with Crippen LogP contribution in [0.3, 0.4) is 0 Å². The molecule has 1 heterocycles. The molecule has 70 valence electrons. The SMILES string of the molecule is [Cl-].c1ccc2cc3[s+]snc3cc2c1. The normalized spacial score (nSPS) is 10.3. The summed E-state index contributed by atoms with van der Waals surface area (Å²) in [5.74, 6) is 0. The highest BCUT2D eigenvalue weighted by Gasteiger charge is 2.09. The van der Waals surface area contributed by atoms with Gasteiger partial charge in [0.15, 0.2) is 0 Å². The molecule has 3 aromatic rings. The summed E-state index contributed by atoms with van der Waals surface area (Å²) >= 11 is 0. The Morgan fingerprint density at radius 1 is 1.07 bits per heavy atom. The number of benzene rings is 2. The van der Waals surface area contributed by atoms with Crippen LogP contribution in [0.4, 0.5) is 0 Å². The fraction of sp³-hybridized carbons (Fsp3) is 0. The molecule has 0 saturated heterocycles. The Bertz CT molecular complexity index is 527. The first kappa shape index (κ1) is 9.77. The molecule has 3 rings (SSSR count). The second-order valence-corrected chi connectivity index (χ2v) is 4.80. The van der Waals surface area contributed by atoms with Gasteiger partial charge in [0.1, 0.15) is 5.52 Å². The van der Waals surface area contributed by atoms with Crippen molar-refractivity contribution in [2.45, 2.75) is 0 Å². The number of rotatable bonds is 0. The quantitative estimate of drug-likeness (QED) is 0.418. The van der Waals surface area contributed by atoms with E-state index in [9.17, 15) is 0 Å². The van der Waals surface area contributed by atoms with Crippen molar-refractivity contribution >= 4 is 41.9 Å². The van der Waals surface area contributed by atoms with E-state index in [-0.39, 0.29) is 12.4 Å². The van der Waals surface area contributed by atoms with E-state index in [1.54, 1.807) is 20.9 Å². The molecule has 0 aliphatic carbocycles. The van der Waals surface area contributed by atoms with Crippen LogP contribution in [0, 0.1) is 0 Å². The predicted octanol–water partition coefficient (Wildman–Crippen LogP) is 0.796. The Morgan fingerprint density at radius 3 is 2.57 bits per heavy atom. The molecule has 0 radical (unpaired) electrons. The van der Waals surface area contributed by atoms with Crippen LogP contribution in [0.5, 0.6) is 0 Å². The first-order valence-corrected chi connectivity index (χ1v) is 6.12. The Morgan fingerprint density at radius 2 is 1.79 bits per heavy atom. The van der Waals surface area contributed by atoms with E-state index in [1.165, 1.54) is 15.5 Å². The standard InChI is InChI=1S/C10H6NS2.ClH/c1-2-4-8-6-10-9(11-13-12-10)5-7(8)3-1;/h1-6H;1H/q+1;/p-1. The molecule has 2 aromatic carbocycles. The van der Waals surface area contributed by atoms with Gasteiger partial charge in [-0.15, -0.1) is 4.37 Å². The minimum atomic E-state index is 0. The lowest BCUT2D eigenvalue weighted by molar-refractivity contribution is -0.00000238. The van der Waals surface area contributed by atoms with Crippen LogP contribution in [0.15, 0.2) is 36.4 Å². The van der Waals surface area contributed by atoms with Crippen LogP contribution in [0.1, 0.15) is 0 Å². The lowest BCUT2D eigenvalue weighted by atomic mass is 10.1. The smallest absolute Gasteiger partial charge is 0.323 e. The van der Waals surface area contributed by atoms with Gasteiger partial charge in [-0.05, 0) is 16.8 Å². The summed E-state index contributed by atoms with van der Waals surface area (Å²) < 4.78 is 5.61. The van der Waals surface area contributed by atoms with Gasteiger partial charge < -0.3 is 12.4 Å². The highest BCUT2D eigenvalue weighted by molar-refractivity contribution is 7.69. The summed E-state index contributed by atoms with van der Waals surface area (Å²) in [6, 6.07) is 12.7. The highest BCUT2D eigenvalue weighted by atomic mass is 35.5. The van der Waals surface area contributed by atoms with Crippen molar-refractivity contribution in [3.8, 4) is 0 Å². The number of fused-ring (bicyclic) bond motifs is 2. The minimum Gasteiger partial charge on any atom is -1.00 e. The van der Waals surface area contributed by atoms with Gasteiger partial charge in [0.25, 0.3) is 15.2 Å². The third kappa shape index (κ3) is 1.47. The summed E-state index contributed by atoms with van der Waals surface area (Å²) in [7, 11) is 3.29. The van der Waals surface area contributed by atoms with E-state index < -0.39 is 0 Å². The van der Waals surface area contributed by atoms with Gasteiger partial charge in [-0.1, -0.05) is 24.3 Å². The van der Waals surface area contributed by atoms with Gasteiger partial charge in [0.05, 0.1) is 0 Å². The molecule has 1 aromatic heterocycles. The number of nitrogens with zero attached hydrogens (tertiary/aromatic N) is 1. The van der Waals surface area contributed by atoms with Crippen molar-refractivity contribution in [1.29, 1.82) is 0 Å². The summed E-state index contributed by atoms with van der Waals surface area (Å²) in [5.41, 5.74) is 1.12. The fourth-order valence-corrected chi connectivity index (χ4v) is 3.21. The van der Waals surface area contributed by atoms with Crippen LogP contribution in [-0.4, -0.2) is 4.37 Å². The molecule has 0 unspecified atom stereocenters. The van der Waals surface area contributed by atoms with Crippen LogP contribution < -0.4 is 12.4 Å². The van der Waals surface area contributed by atoms with E-state index >= 15 is 0 Å². The third-order valence-corrected chi connectivity index (χ3v) is 3.93. The molecule has 0 fully saturated rings. The first-order valence-electron chi connectivity index (χ1n) is 4.01. The third-order valence-electron chi connectivity index (χ3n) is 2.09. The summed E-state index contributed by atoms with van der Waals surface area (Å²) in [4.78, 5) is 0. The zero-order valence-electron chi connectivity index (χ0n) is 7.11. The van der Waals surface area contributed by atoms with Crippen molar-refractivity contribution in [2.75, 3.05) is 0 Å². The molecular formula is C10H6ClNS2. The van der Waals surface area contributed by atoms with Gasteiger partial charge in [0.2, 0.25) is 0 Å². The summed E-state index contributed by atoms with van der Waals surface area (Å²) in [6.07, 6.45) is 0. The molecule has 0 N–H and O–H groups in total. The second kappa shape index (κ2) is 3.77. The monoisotopic (exact) mass is 239 g/mol. The van der Waals surface area contributed by atoms with Crippen LogP contribution in [-0.2, 0) is 0 Å². The van der Waals surface area contributed by atoms with Crippen molar-refractivity contribution in [1.82, 2.24) is 4.37 Å². The highest BCUT2D eigenvalue weighted by Crippen LogP contribution is 2.26. The van der Waals surface area contributed by atoms with Gasteiger partial charge in [-0.3, -0.25) is 0 Å². The van der Waals surface area contributed by atoms with E-state index in [0.717, 1.165) is 5.52 Å². The second-order valence-electron chi connectivity index (χ2n) is 2.92. The molecule has 0 bridgehead atoms. The largest absolute Gasteiger partial charge is 1.00 e. The van der Waals surface area contributed by atoms with Gasteiger partial charge in [0, 0.05) is 6.07 Å². The molecule has 1 nitrogen and oxygen atoms in total. The number of hydrogen-bond acceptors (Lipinski definition) is 2. The number of aromatic nitrogens is 1. The predicted molar refractivity (Wildman–Crippen MR) is 59.4 cm³/mol. The lowest BCUT2D eigenvalue weighted by Crippen LogP contribution is -3.00. The van der Waals surface area contributed by atoms with Crippen LogP contribution in [0.2, 0.25) is 0 Å². The first-order chi connectivity index (χ1) is 6.43. The molecular weight excluding hydrogens is 234 g/mol. The number of hydrogen-bond donors (Lipinski definition) is 0. The van der Waals surface area contributed by atoms with E-state index in [2.05, 4.69) is 40.8 Å². The number of halogens is 1. The average Bonchev–Trinajstić information content (AvgIpc) is 2.61. The van der Waals surface area contributed by atoms with Crippen molar-refractivity contribution in [2.24, 2.45) is 0 Å². The van der Waals surface area contributed by atoms with Crippen LogP contribution in [0.25, 0.3) is 21.0 Å². The van der Waals surface area contributed by atoms with Gasteiger partial charge in [-0.25, -0.2) is 0 Å². The summed E-state index contributed by atoms with van der Waals surface area (Å²) in [6.45, 7) is 0. The topological polar surface area (TPSA) is 12.9 Å². The van der Waals surface area contributed by atoms with Crippen molar-refractivity contribution in [3.05, 3.63) is 36.4 Å². The van der Waals surface area contributed by atoms with Crippen molar-refractivity contribution in [3.63, 3.8) is 0 Å². The molecule has 0 atom stereocenters. The van der Waals surface area contributed by atoms with E-state index in [0.29, 0.717) is 0 Å². The zero-order valence-corrected chi connectivity index (χ0v) is 9.49. The van der Waals surface area contributed by atoms with Crippen LogP contribution >= 0.6 is 20.9 Å². The van der Waals surface area contributed by atoms with E-state index in [4.69, 9.17) is 0 Å². The maximum atomic E-state index is 4.33. The summed E-state index contributed by atoms with van der Waals surface area (Å²) in [5, 5.41) is 2.57. The Hall–Kier alpha value is -0.770. The maximum absolute atomic E-state index is 4.33. The lowest BCUT2D eigenvalue weighted by Gasteiger charge is -1.92. The average molecular weight is 240 g/mol. The molecule has 0 aliphatic rings. The van der Waals surface area contributed by atoms with E-state index in [1.807, 2.05) is 0 Å². The zero-order chi connectivity index (χ0) is 8.67. The molecule has 0 aliphatic heterocycles. The van der Waals surface area contributed by atoms with Crippen molar-refractivity contribution < 1.29 is 12.4 Å².